The number of nitrogens with one attached hydrogen (secondary N) is 2. The zero-order valence-electron chi connectivity index (χ0n) is 23.9. The molecule has 3 aromatic rings. The maximum absolute atomic E-state index is 13.5. The molecule has 0 aromatic carbocycles. The third kappa shape index (κ3) is 5.55. The average molecular weight is 600 g/mol. The van der Waals surface area contributed by atoms with Gasteiger partial charge in [0.25, 0.3) is 11.5 Å². The number of halogens is 1. The van der Waals surface area contributed by atoms with Crippen LogP contribution >= 0.6 is 11.6 Å². The first-order valence-corrected chi connectivity index (χ1v) is 14.4. The standard InChI is InChI=1S/C28H34ClN7O6/c1-28(2,3)42-27(39)34(4)22-9-21(31-20-8-15(29)11-35(26(20)38)16-6-5-7-40-12-16)32-24-17(10-30-36(22)24)25(37)33-23-18-13-41-14-19(18)23/h8-11,16,18-19,23H,5-7,12-14H2,1-4H3,(H,31,32)(H,33,37)/t16?,18-,19+,23?. The van der Waals surface area contributed by atoms with E-state index in [0.717, 1.165) is 12.8 Å². The minimum atomic E-state index is -0.742. The lowest BCUT2D eigenvalue weighted by molar-refractivity contribution is 0.0580. The molecule has 5 heterocycles. The second-order valence-corrected chi connectivity index (χ2v) is 12.4. The molecule has 0 bridgehead atoms. The van der Waals surface area contributed by atoms with E-state index < -0.39 is 11.7 Å². The lowest BCUT2D eigenvalue weighted by Gasteiger charge is -2.25. The normalized spacial score (nSPS) is 23.4. The Hall–Kier alpha value is -3.68. The van der Waals surface area contributed by atoms with Gasteiger partial charge in [0.2, 0.25) is 0 Å². The summed E-state index contributed by atoms with van der Waals surface area (Å²) in [6, 6.07) is 2.97. The second-order valence-electron chi connectivity index (χ2n) is 12.0. The number of nitrogens with zero attached hydrogens (tertiary/aromatic N) is 5. The van der Waals surface area contributed by atoms with Gasteiger partial charge in [-0.2, -0.15) is 9.61 Å². The number of hydrogen-bond donors (Lipinski definition) is 2. The molecule has 1 saturated carbocycles. The van der Waals surface area contributed by atoms with Gasteiger partial charge >= 0.3 is 6.09 Å². The summed E-state index contributed by atoms with van der Waals surface area (Å²) in [4.78, 5) is 45.8. The van der Waals surface area contributed by atoms with Crippen LogP contribution in [-0.4, -0.2) is 76.3 Å². The van der Waals surface area contributed by atoms with E-state index in [0.29, 0.717) is 43.3 Å². The third-order valence-corrected chi connectivity index (χ3v) is 7.97. The molecular weight excluding hydrogens is 566 g/mol. The van der Waals surface area contributed by atoms with Crippen LogP contribution < -0.4 is 21.1 Å². The van der Waals surface area contributed by atoms with Crippen LogP contribution in [0.15, 0.2) is 29.3 Å². The monoisotopic (exact) mass is 599 g/mol. The first-order valence-electron chi connectivity index (χ1n) is 14.0. The fraction of sp³-hybridized carbons (Fsp3) is 0.536. The highest BCUT2D eigenvalue weighted by Gasteiger charge is 2.55. The van der Waals surface area contributed by atoms with Crippen molar-refractivity contribution < 1.29 is 23.8 Å². The number of ether oxygens (including phenoxy) is 3. The highest BCUT2D eigenvalue weighted by Crippen LogP contribution is 2.44. The molecule has 4 atom stereocenters. The van der Waals surface area contributed by atoms with Gasteiger partial charge in [-0.3, -0.25) is 14.5 Å². The van der Waals surface area contributed by atoms with Gasteiger partial charge < -0.3 is 29.4 Å². The van der Waals surface area contributed by atoms with Crippen molar-refractivity contribution in [3.05, 3.63) is 45.5 Å². The molecule has 6 rings (SSSR count). The summed E-state index contributed by atoms with van der Waals surface area (Å²) in [5.74, 6) is 0.784. The van der Waals surface area contributed by atoms with Crippen molar-refractivity contribution in [1.82, 2.24) is 24.5 Å². The number of hydrogen-bond acceptors (Lipinski definition) is 9. The fourth-order valence-electron chi connectivity index (χ4n) is 5.53. The molecule has 13 nitrogen and oxygen atoms in total. The summed E-state index contributed by atoms with van der Waals surface area (Å²) in [5, 5.41) is 10.9. The van der Waals surface area contributed by atoms with E-state index in [9.17, 15) is 14.4 Å². The van der Waals surface area contributed by atoms with Gasteiger partial charge in [0.15, 0.2) is 5.65 Å². The summed E-state index contributed by atoms with van der Waals surface area (Å²) >= 11 is 6.42. The number of anilines is 3. The lowest BCUT2D eigenvalue weighted by atomic mass is 10.1. The van der Waals surface area contributed by atoms with E-state index in [-0.39, 0.29) is 52.1 Å². The van der Waals surface area contributed by atoms with Crippen LogP contribution in [0.5, 0.6) is 0 Å². The molecule has 3 fully saturated rings. The Morgan fingerprint density at radius 1 is 1.17 bits per heavy atom. The number of rotatable bonds is 6. The molecule has 0 radical (unpaired) electrons. The number of amides is 2. The SMILES string of the molecule is CN(C(=O)OC(C)(C)C)c1cc(Nc2cc(Cl)cn(C3CCCOC3)c2=O)nc2c(C(=O)NC3[C@H]4COC[C@@H]34)cnn12. The Labute approximate surface area is 247 Å². The van der Waals surface area contributed by atoms with E-state index in [4.69, 9.17) is 25.8 Å². The smallest absolute Gasteiger partial charge is 0.415 e. The number of aromatic nitrogens is 4. The van der Waals surface area contributed by atoms with Crippen molar-refractivity contribution in [2.75, 3.05) is 43.7 Å². The Morgan fingerprint density at radius 3 is 2.62 bits per heavy atom. The summed E-state index contributed by atoms with van der Waals surface area (Å²) in [5.41, 5.74) is -0.423. The zero-order chi connectivity index (χ0) is 29.8. The maximum atomic E-state index is 13.5. The van der Waals surface area contributed by atoms with Gasteiger partial charge in [-0.1, -0.05) is 11.6 Å². The zero-order valence-corrected chi connectivity index (χ0v) is 24.7. The summed E-state index contributed by atoms with van der Waals surface area (Å²) in [6.07, 6.45) is 4.02. The topological polar surface area (TPSA) is 141 Å². The molecule has 3 aliphatic rings. The van der Waals surface area contributed by atoms with Gasteiger partial charge in [-0.15, -0.1) is 0 Å². The minimum absolute atomic E-state index is 0.0418. The van der Waals surface area contributed by atoms with Crippen molar-refractivity contribution in [1.29, 1.82) is 0 Å². The van der Waals surface area contributed by atoms with Gasteiger partial charge in [0.1, 0.15) is 28.5 Å². The molecule has 224 valence electrons. The molecule has 14 heteroatoms. The Bertz CT molecular complexity index is 1580. The number of fused-ring (bicyclic) bond motifs is 2. The van der Waals surface area contributed by atoms with Crippen molar-refractivity contribution >= 4 is 46.6 Å². The first kappa shape index (κ1) is 28.4. The van der Waals surface area contributed by atoms with Gasteiger partial charge in [0.05, 0.1) is 37.1 Å². The van der Waals surface area contributed by atoms with Crippen LogP contribution in [0, 0.1) is 11.8 Å². The molecule has 2 unspecified atom stereocenters. The molecular formula is C28H34ClN7O6. The summed E-state index contributed by atoms with van der Waals surface area (Å²) < 4.78 is 19.6. The quantitative estimate of drug-likeness (QED) is 0.436. The predicted molar refractivity (Wildman–Crippen MR) is 155 cm³/mol. The van der Waals surface area contributed by atoms with Crippen molar-refractivity contribution in [3.8, 4) is 0 Å². The van der Waals surface area contributed by atoms with E-state index in [1.807, 2.05) is 0 Å². The van der Waals surface area contributed by atoms with Crippen molar-refractivity contribution in [2.24, 2.45) is 11.8 Å². The molecule has 3 aromatic heterocycles. The molecule has 2 amide bonds. The van der Waals surface area contributed by atoms with Gasteiger partial charge in [-0.25, -0.2) is 9.78 Å². The van der Waals surface area contributed by atoms with Gasteiger partial charge in [-0.05, 0) is 39.7 Å². The van der Waals surface area contributed by atoms with Crippen LogP contribution in [-0.2, 0) is 14.2 Å². The minimum Gasteiger partial charge on any atom is -0.443 e. The highest BCUT2D eigenvalue weighted by atomic mass is 35.5. The molecule has 1 aliphatic carbocycles. The Balaban J connectivity index is 1.38. The van der Waals surface area contributed by atoms with Gasteiger partial charge in [0, 0.05) is 43.8 Å². The van der Waals surface area contributed by atoms with Crippen LogP contribution in [0.2, 0.25) is 5.02 Å². The molecule has 0 spiro atoms. The van der Waals surface area contributed by atoms with E-state index in [2.05, 4.69) is 20.7 Å². The predicted octanol–water partition coefficient (Wildman–Crippen LogP) is 3.39. The number of carbonyl (C=O) groups excluding carboxylic acids is 2. The number of pyridine rings is 1. The fourth-order valence-corrected chi connectivity index (χ4v) is 5.74. The van der Waals surface area contributed by atoms with Crippen molar-refractivity contribution in [2.45, 2.75) is 51.3 Å². The molecule has 2 aliphatic heterocycles. The largest absolute Gasteiger partial charge is 0.443 e. The third-order valence-electron chi connectivity index (χ3n) is 7.76. The van der Waals surface area contributed by atoms with Crippen LogP contribution in [0.3, 0.4) is 0 Å². The molecule has 2 N–H and O–H groups in total. The van der Waals surface area contributed by atoms with E-state index in [1.165, 1.54) is 28.7 Å². The first-order chi connectivity index (χ1) is 20.0. The van der Waals surface area contributed by atoms with E-state index in [1.54, 1.807) is 37.6 Å². The van der Waals surface area contributed by atoms with Crippen molar-refractivity contribution in [3.63, 3.8) is 0 Å². The highest BCUT2D eigenvalue weighted by molar-refractivity contribution is 6.30. The Kier molecular flexibility index (Phi) is 7.36. The van der Waals surface area contributed by atoms with Crippen LogP contribution in [0.25, 0.3) is 5.65 Å². The maximum Gasteiger partial charge on any atom is 0.415 e. The number of carbonyl (C=O) groups is 2. The second kappa shape index (κ2) is 10.9. The molecule has 2 saturated heterocycles. The summed E-state index contributed by atoms with van der Waals surface area (Å²) in [6.45, 7) is 7.64. The Morgan fingerprint density at radius 2 is 1.93 bits per heavy atom. The molecule has 42 heavy (non-hydrogen) atoms. The van der Waals surface area contributed by atoms with E-state index >= 15 is 0 Å². The lowest BCUT2D eigenvalue weighted by Crippen LogP contribution is -2.35. The average Bonchev–Trinajstić information content (AvgIpc) is 3.27. The summed E-state index contributed by atoms with van der Waals surface area (Å²) in [7, 11) is 1.54. The van der Waals surface area contributed by atoms with Crippen LogP contribution in [0.1, 0.15) is 50.0 Å². The van der Waals surface area contributed by atoms with Crippen LogP contribution in [0.4, 0.5) is 22.1 Å².